The molecule has 0 amide bonds. The summed E-state index contributed by atoms with van der Waals surface area (Å²) in [6.07, 6.45) is 0. The number of benzene rings is 1. The molecule has 0 aliphatic rings. The summed E-state index contributed by atoms with van der Waals surface area (Å²) in [6.45, 7) is 0. The largest absolute Gasteiger partial charge is 0.477 e. The number of rotatable bonds is 3. The fraction of sp³-hybridized carbons (Fsp3) is 0. The number of thiocarbonyl (C=S) groups is 1. The average molecular weight is 324 g/mol. The number of para-hydroxylation sites is 1. The smallest absolute Gasteiger partial charge is 0.354 e. The minimum absolute atomic E-state index is 0.218. The normalized spacial score (nSPS) is 9.22. The predicted octanol–water partition coefficient (Wildman–Crippen LogP) is 2.61. The molecule has 0 spiro atoms. The minimum atomic E-state index is -1.33. The van der Waals surface area contributed by atoms with Gasteiger partial charge in [-0.25, -0.2) is 14.6 Å². The average Bonchev–Trinajstić information content (AvgIpc) is 2.54. The van der Waals surface area contributed by atoms with Crippen molar-refractivity contribution in [3.8, 4) is 11.8 Å². The van der Waals surface area contributed by atoms with Crippen LogP contribution in [0.2, 0.25) is 0 Å². The van der Waals surface area contributed by atoms with E-state index in [1.165, 1.54) is 12.1 Å². The summed E-state index contributed by atoms with van der Waals surface area (Å²) < 4.78 is 0. The Hall–Kier alpha value is -3.33. The van der Waals surface area contributed by atoms with Gasteiger partial charge in [0.15, 0.2) is 0 Å². The van der Waals surface area contributed by atoms with Gasteiger partial charge in [0.1, 0.15) is 11.4 Å². The number of nitrogens with zero attached hydrogens (tertiary/aromatic N) is 2. The molecule has 0 radical (unpaired) electrons. The SMILES string of the molecule is O=C(O)c1cc(C#Cc2ccccc2N=C=S)cc(C(=O)O)n1. The molecule has 1 aromatic carbocycles. The quantitative estimate of drug-likeness (QED) is 0.511. The predicted molar refractivity (Wildman–Crippen MR) is 85.3 cm³/mol. The summed E-state index contributed by atoms with van der Waals surface area (Å²) in [4.78, 5) is 29.4. The zero-order valence-corrected chi connectivity index (χ0v) is 12.3. The molecule has 0 bridgehead atoms. The first-order chi connectivity index (χ1) is 11.0. The van der Waals surface area contributed by atoms with Crippen LogP contribution < -0.4 is 0 Å². The lowest BCUT2D eigenvalue weighted by Gasteiger charge is -1.99. The molecule has 1 aromatic heterocycles. The van der Waals surface area contributed by atoms with Gasteiger partial charge in [0, 0.05) is 5.56 Å². The maximum Gasteiger partial charge on any atom is 0.354 e. The highest BCUT2D eigenvalue weighted by molar-refractivity contribution is 7.78. The zero-order valence-electron chi connectivity index (χ0n) is 11.5. The number of pyridine rings is 1. The fourth-order valence-electron chi connectivity index (χ4n) is 1.69. The standard InChI is InChI=1S/C16H8N2O4S/c19-15(20)13-7-10(8-14(18-13)16(21)22)5-6-11-3-1-2-4-12(11)17-9-23/h1-4,7-8H,(H,19,20)(H,21,22). The third-order valence-electron chi connectivity index (χ3n) is 2.68. The van der Waals surface area contributed by atoms with E-state index in [1.807, 2.05) is 0 Å². The van der Waals surface area contributed by atoms with E-state index >= 15 is 0 Å². The van der Waals surface area contributed by atoms with E-state index in [4.69, 9.17) is 10.2 Å². The van der Waals surface area contributed by atoms with Gasteiger partial charge in [-0.2, -0.15) is 4.99 Å². The second-order valence-corrected chi connectivity index (χ2v) is 4.39. The Balaban J connectivity index is 2.51. The van der Waals surface area contributed by atoms with E-state index in [9.17, 15) is 9.59 Å². The van der Waals surface area contributed by atoms with Crippen LogP contribution in [0.25, 0.3) is 0 Å². The van der Waals surface area contributed by atoms with Crippen LogP contribution in [-0.2, 0) is 0 Å². The number of aromatic carboxylic acids is 2. The van der Waals surface area contributed by atoms with Crippen LogP contribution in [0.3, 0.4) is 0 Å². The summed E-state index contributed by atoms with van der Waals surface area (Å²) in [5.41, 5.74) is 0.506. The van der Waals surface area contributed by atoms with Crippen molar-refractivity contribution < 1.29 is 19.8 Å². The number of hydrogen-bond donors (Lipinski definition) is 2. The van der Waals surface area contributed by atoms with Crippen molar-refractivity contribution in [2.75, 3.05) is 0 Å². The first-order valence-electron chi connectivity index (χ1n) is 6.19. The van der Waals surface area contributed by atoms with E-state index in [2.05, 4.69) is 39.2 Å². The van der Waals surface area contributed by atoms with Crippen molar-refractivity contribution in [3.63, 3.8) is 0 Å². The monoisotopic (exact) mass is 324 g/mol. The molecule has 23 heavy (non-hydrogen) atoms. The van der Waals surface area contributed by atoms with Crippen molar-refractivity contribution in [2.45, 2.75) is 0 Å². The minimum Gasteiger partial charge on any atom is -0.477 e. The number of aliphatic imine (C=N–C) groups is 1. The first-order valence-corrected chi connectivity index (χ1v) is 6.59. The second-order valence-electron chi connectivity index (χ2n) is 4.21. The summed E-state index contributed by atoms with van der Waals surface area (Å²) in [6, 6.07) is 9.31. The highest BCUT2D eigenvalue weighted by atomic mass is 32.1. The lowest BCUT2D eigenvalue weighted by atomic mass is 10.1. The molecule has 0 unspecified atom stereocenters. The number of hydrogen-bond acceptors (Lipinski definition) is 5. The second kappa shape index (κ2) is 7.09. The van der Waals surface area contributed by atoms with Crippen molar-refractivity contribution in [1.29, 1.82) is 0 Å². The summed E-state index contributed by atoms with van der Waals surface area (Å²) in [7, 11) is 0. The summed E-state index contributed by atoms with van der Waals surface area (Å²) in [5, 5.41) is 20.2. The number of carboxylic acid groups (broad SMARTS) is 2. The van der Waals surface area contributed by atoms with Crippen LogP contribution in [0.5, 0.6) is 0 Å². The van der Waals surface area contributed by atoms with E-state index < -0.39 is 11.9 Å². The maximum absolute atomic E-state index is 11.0. The van der Waals surface area contributed by atoms with Crippen molar-refractivity contribution in [3.05, 3.63) is 58.9 Å². The third kappa shape index (κ3) is 4.08. The first kappa shape index (κ1) is 16.0. The Morgan fingerprint density at radius 2 is 1.65 bits per heavy atom. The molecule has 0 fully saturated rings. The van der Waals surface area contributed by atoms with E-state index in [1.54, 1.807) is 24.3 Å². The Labute approximate surface area is 136 Å². The van der Waals surface area contributed by atoms with Gasteiger partial charge >= 0.3 is 11.9 Å². The van der Waals surface area contributed by atoms with Crippen LogP contribution >= 0.6 is 12.2 Å². The number of aromatic nitrogens is 1. The van der Waals surface area contributed by atoms with Crippen LogP contribution in [0.4, 0.5) is 5.69 Å². The Bertz CT molecular complexity index is 874. The van der Waals surface area contributed by atoms with Crippen LogP contribution in [0.15, 0.2) is 41.4 Å². The van der Waals surface area contributed by atoms with Crippen molar-refractivity contribution in [1.82, 2.24) is 4.98 Å². The lowest BCUT2D eigenvalue weighted by molar-refractivity contribution is 0.0685. The Morgan fingerprint density at radius 1 is 1.04 bits per heavy atom. The fourth-order valence-corrected chi connectivity index (χ4v) is 1.79. The molecule has 2 N–H and O–H groups in total. The van der Waals surface area contributed by atoms with Gasteiger partial charge in [-0.1, -0.05) is 24.0 Å². The molecular weight excluding hydrogens is 316 g/mol. The topological polar surface area (TPSA) is 99.8 Å². The molecule has 6 nitrogen and oxygen atoms in total. The van der Waals surface area contributed by atoms with E-state index in [0.717, 1.165) is 0 Å². The molecule has 0 aliphatic carbocycles. The molecule has 7 heteroatoms. The van der Waals surface area contributed by atoms with Crippen molar-refractivity contribution in [2.24, 2.45) is 4.99 Å². The molecule has 0 atom stereocenters. The van der Waals surface area contributed by atoms with E-state index in [0.29, 0.717) is 11.3 Å². The lowest BCUT2D eigenvalue weighted by Crippen LogP contribution is -2.08. The molecule has 1 heterocycles. The third-order valence-corrected chi connectivity index (χ3v) is 2.77. The van der Waals surface area contributed by atoms with E-state index in [-0.39, 0.29) is 17.0 Å². The van der Waals surface area contributed by atoms with Gasteiger partial charge in [0.05, 0.1) is 16.4 Å². The molecule has 2 rings (SSSR count). The van der Waals surface area contributed by atoms with Crippen LogP contribution in [0.1, 0.15) is 32.1 Å². The summed E-state index contributed by atoms with van der Waals surface area (Å²) >= 11 is 4.56. The molecule has 0 aliphatic heterocycles. The Kier molecular flexibility index (Phi) is 4.95. The highest BCUT2D eigenvalue weighted by Crippen LogP contribution is 2.17. The highest BCUT2D eigenvalue weighted by Gasteiger charge is 2.12. The van der Waals surface area contributed by atoms with Gasteiger partial charge in [-0.3, -0.25) is 0 Å². The van der Waals surface area contributed by atoms with Gasteiger partial charge in [-0.05, 0) is 36.5 Å². The number of isothiocyanates is 1. The van der Waals surface area contributed by atoms with Crippen LogP contribution in [0, 0.1) is 11.8 Å². The van der Waals surface area contributed by atoms with Crippen molar-refractivity contribution >= 4 is 35.0 Å². The molecule has 0 saturated heterocycles. The Morgan fingerprint density at radius 3 is 2.22 bits per heavy atom. The number of carbonyl (C=O) groups is 2. The van der Waals surface area contributed by atoms with Gasteiger partial charge in [-0.15, -0.1) is 0 Å². The number of carboxylic acids is 2. The van der Waals surface area contributed by atoms with Gasteiger partial charge in [0.2, 0.25) is 0 Å². The molecule has 112 valence electrons. The van der Waals surface area contributed by atoms with Gasteiger partial charge in [0.25, 0.3) is 0 Å². The molecular formula is C16H8N2O4S. The summed E-state index contributed by atoms with van der Waals surface area (Å²) in [5.74, 6) is 2.85. The molecule has 0 saturated carbocycles. The van der Waals surface area contributed by atoms with Gasteiger partial charge < -0.3 is 10.2 Å². The molecule has 2 aromatic rings. The maximum atomic E-state index is 11.0. The van der Waals surface area contributed by atoms with Crippen LogP contribution in [-0.4, -0.2) is 32.3 Å². The zero-order chi connectivity index (χ0) is 16.8.